The van der Waals surface area contributed by atoms with E-state index < -0.39 is 0 Å². The fourth-order valence-electron chi connectivity index (χ4n) is 1.32. The fraction of sp³-hybridized carbons (Fsp3) is 0.833. The van der Waals surface area contributed by atoms with Gasteiger partial charge < -0.3 is 10.6 Å². The van der Waals surface area contributed by atoms with Crippen LogP contribution in [0.2, 0.25) is 0 Å². The lowest BCUT2D eigenvalue weighted by molar-refractivity contribution is -0.119. The summed E-state index contributed by atoms with van der Waals surface area (Å²) in [6.07, 6.45) is 7.34. The molecular formula is C12H24N2OS. The van der Waals surface area contributed by atoms with Gasteiger partial charge in [-0.25, -0.2) is 0 Å². The van der Waals surface area contributed by atoms with E-state index in [-0.39, 0.29) is 5.91 Å². The predicted octanol–water partition coefficient (Wildman–Crippen LogP) is 2.75. The van der Waals surface area contributed by atoms with E-state index in [1.54, 1.807) is 0 Å². The molecule has 4 heteroatoms. The van der Waals surface area contributed by atoms with Crippen molar-refractivity contribution in [2.24, 2.45) is 0 Å². The van der Waals surface area contributed by atoms with E-state index in [0.717, 1.165) is 25.8 Å². The molecule has 0 heterocycles. The van der Waals surface area contributed by atoms with Gasteiger partial charge in [0.2, 0.25) is 5.91 Å². The third kappa shape index (κ3) is 9.90. The number of carbonyl (C=O) groups is 1. The van der Waals surface area contributed by atoms with Gasteiger partial charge in [-0.1, -0.05) is 39.5 Å². The lowest BCUT2D eigenvalue weighted by Crippen LogP contribution is -2.39. The number of carbonyl (C=O) groups excluding carboxylic acids is 1. The lowest BCUT2D eigenvalue weighted by Gasteiger charge is -2.08. The lowest BCUT2D eigenvalue weighted by atomic mass is 10.2. The van der Waals surface area contributed by atoms with E-state index in [9.17, 15) is 4.79 Å². The van der Waals surface area contributed by atoms with Crippen LogP contribution < -0.4 is 10.6 Å². The highest BCUT2D eigenvalue weighted by Gasteiger charge is 2.02. The summed E-state index contributed by atoms with van der Waals surface area (Å²) in [4.78, 5) is 11.3. The van der Waals surface area contributed by atoms with Crippen molar-refractivity contribution in [2.75, 3.05) is 6.54 Å². The van der Waals surface area contributed by atoms with E-state index in [1.165, 1.54) is 19.3 Å². The summed E-state index contributed by atoms with van der Waals surface area (Å²) >= 11 is 5.02. The number of nitrogens with one attached hydrogen (secondary N) is 2. The Labute approximate surface area is 104 Å². The van der Waals surface area contributed by atoms with Gasteiger partial charge in [0, 0.05) is 13.0 Å². The average molecular weight is 244 g/mol. The van der Waals surface area contributed by atoms with Crippen molar-refractivity contribution >= 4 is 23.2 Å². The molecule has 0 unspecified atom stereocenters. The molecule has 0 rings (SSSR count). The molecule has 0 saturated heterocycles. The first-order valence-electron chi connectivity index (χ1n) is 6.28. The summed E-state index contributed by atoms with van der Waals surface area (Å²) in [6, 6.07) is 0. The minimum absolute atomic E-state index is 0.0212. The number of thiocarbonyl (C=S) groups is 1. The molecule has 0 fully saturated rings. The van der Waals surface area contributed by atoms with Gasteiger partial charge >= 0.3 is 0 Å². The maximum absolute atomic E-state index is 11.3. The molecule has 1 amide bonds. The summed E-state index contributed by atoms with van der Waals surface area (Å²) in [5.74, 6) is 0.0212. The maximum Gasteiger partial charge on any atom is 0.226 e. The van der Waals surface area contributed by atoms with Gasteiger partial charge in [0.25, 0.3) is 0 Å². The van der Waals surface area contributed by atoms with E-state index >= 15 is 0 Å². The second-order valence-corrected chi connectivity index (χ2v) is 4.38. The molecule has 0 radical (unpaired) electrons. The Morgan fingerprint density at radius 2 is 1.75 bits per heavy atom. The first kappa shape index (κ1) is 15.4. The van der Waals surface area contributed by atoms with Crippen LogP contribution in [-0.4, -0.2) is 17.6 Å². The van der Waals surface area contributed by atoms with Gasteiger partial charge in [0.15, 0.2) is 5.11 Å². The summed E-state index contributed by atoms with van der Waals surface area (Å²) < 4.78 is 0. The standard InChI is InChI=1S/C12H24N2OS/c1-3-5-7-8-10-13-12(16)14-11(15)9-6-4-2/h3-10H2,1-2H3,(H2,13,14,15,16). The second-order valence-electron chi connectivity index (χ2n) is 3.97. The Balaban J connectivity index is 3.40. The monoisotopic (exact) mass is 244 g/mol. The number of unbranched alkanes of at least 4 members (excludes halogenated alkanes) is 4. The Bertz CT molecular complexity index is 207. The van der Waals surface area contributed by atoms with E-state index in [2.05, 4.69) is 24.5 Å². The summed E-state index contributed by atoms with van der Waals surface area (Å²) in [5, 5.41) is 6.21. The molecule has 0 spiro atoms. The van der Waals surface area contributed by atoms with Crippen molar-refractivity contribution in [3.05, 3.63) is 0 Å². The van der Waals surface area contributed by atoms with Crippen LogP contribution in [0.5, 0.6) is 0 Å². The van der Waals surface area contributed by atoms with Crippen molar-refractivity contribution in [3.63, 3.8) is 0 Å². The number of amides is 1. The molecule has 0 aromatic heterocycles. The molecule has 0 aliphatic carbocycles. The van der Waals surface area contributed by atoms with Crippen LogP contribution in [-0.2, 0) is 4.79 Å². The largest absolute Gasteiger partial charge is 0.362 e. The zero-order valence-electron chi connectivity index (χ0n) is 10.5. The molecule has 2 N–H and O–H groups in total. The highest BCUT2D eigenvalue weighted by molar-refractivity contribution is 7.80. The quantitative estimate of drug-likeness (QED) is 0.509. The molecule has 3 nitrogen and oxygen atoms in total. The van der Waals surface area contributed by atoms with Crippen LogP contribution in [0.15, 0.2) is 0 Å². The third-order valence-corrected chi connectivity index (χ3v) is 2.57. The van der Waals surface area contributed by atoms with Crippen LogP contribution >= 0.6 is 12.2 Å². The first-order chi connectivity index (χ1) is 7.70. The normalized spacial score (nSPS) is 9.88. The Hall–Kier alpha value is -0.640. The van der Waals surface area contributed by atoms with Crippen molar-refractivity contribution in [1.29, 1.82) is 0 Å². The maximum atomic E-state index is 11.3. The molecule has 0 saturated carbocycles. The first-order valence-corrected chi connectivity index (χ1v) is 6.69. The molecule has 0 atom stereocenters. The van der Waals surface area contributed by atoms with Crippen molar-refractivity contribution in [3.8, 4) is 0 Å². The number of rotatable bonds is 8. The van der Waals surface area contributed by atoms with Crippen LogP contribution in [0, 0.1) is 0 Å². The minimum atomic E-state index is 0.0212. The smallest absolute Gasteiger partial charge is 0.226 e. The van der Waals surface area contributed by atoms with Gasteiger partial charge in [0.05, 0.1) is 0 Å². The Kier molecular flexibility index (Phi) is 10.4. The SMILES string of the molecule is CCCCCCNC(=S)NC(=O)CCCC. The van der Waals surface area contributed by atoms with Crippen molar-refractivity contribution < 1.29 is 4.79 Å². The Morgan fingerprint density at radius 1 is 1.06 bits per heavy atom. The molecule has 0 aliphatic rings. The summed E-state index contributed by atoms with van der Waals surface area (Å²) in [7, 11) is 0. The molecule has 16 heavy (non-hydrogen) atoms. The van der Waals surface area contributed by atoms with Crippen molar-refractivity contribution in [2.45, 2.75) is 58.8 Å². The van der Waals surface area contributed by atoms with Crippen LogP contribution in [0.1, 0.15) is 58.8 Å². The van der Waals surface area contributed by atoms with Gasteiger partial charge in [-0.3, -0.25) is 4.79 Å². The van der Waals surface area contributed by atoms with Crippen LogP contribution in [0.4, 0.5) is 0 Å². The summed E-state index contributed by atoms with van der Waals surface area (Å²) in [6.45, 7) is 5.11. The highest BCUT2D eigenvalue weighted by Crippen LogP contribution is 1.97. The van der Waals surface area contributed by atoms with Crippen LogP contribution in [0.3, 0.4) is 0 Å². The predicted molar refractivity (Wildman–Crippen MR) is 72.4 cm³/mol. The minimum Gasteiger partial charge on any atom is -0.362 e. The number of hydrogen-bond acceptors (Lipinski definition) is 2. The third-order valence-electron chi connectivity index (χ3n) is 2.33. The van der Waals surface area contributed by atoms with Gasteiger partial charge in [-0.05, 0) is 25.1 Å². The Morgan fingerprint density at radius 3 is 2.38 bits per heavy atom. The zero-order chi connectivity index (χ0) is 12.2. The molecule has 0 aliphatic heterocycles. The van der Waals surface area contributed by atoms with Gasteiger partial charge in [0.1, 0.15) is 0 Å². The number of hydrogen-bond donors (Lipinski definition) is 2. The molecular weight excluding hydrogens is 220 g/mol. The van der Waals surface area contributed by atoms with E-state index in [1.807, 2.05) is 0 Å². The van der Waals surface area contributed by atoms with Gasteiger partial charge in [-0.15, -0.1) is 0 Å². The molecule has 94 valence electrons. The van der Waals surface area contributed by atoms with Crippen LogP contribution in [0.25, 0.3) is 0 Å². The van der Waals surface area contributed by atoms with Crippen molar-refractivity contribution in [1.82, 2.24) is 10.6 Å². The molecule has 0 aromatic carbocycles. The molecule has 0 bridgehead atoms. The topological polar surface area (TPSA) is 41.1 Å². The zero-order valence-corrected chi connectivity index (χ0v) is 11.3. The van der Waals surface area contributed by atoms with E-state index in [4.69, 9.17) is 12.2 Å². The second kappa shape index (κ2) is 10.9. The van der Waals surface area contributed by atoms with Gasteiger partial charge in [-0.2, -0.15) is 0 Å². The summed E-state index contributed by atoms with van der Waals surface area (Å²) in [5.41, 5.74) is 0. The average Bonchev–Trinajstić information content (AvgIpc) is 2.26. The fourth-order valence-corrected chi connectivity index (χ4v) is 1.54. The molecule has 0 aromatic rings. The van der Waals surface area contributed by atoms with E-state index in [0.29, 0.717) is 11.5 Å². The highest BCUT2D eigenvalue weighted by atomic mass is 32.1.